The molecule has 5 nitrogen and oxygen atoms in total. The third kappa shape index (κ3) is 4.56. The van der Waals surface area contributed by atoms with Gasteiger partial charge >= 0.3 is 0 Å². The van der Waals surface area contributed by atoms with Crippen LogP contribution in [0.1, 0.15) is 18.9 Å². The Morgan fingerprint density at radius 2 is 1.78 bits per heavy atom. The van der Waals surface area contributed by atoms with Crippen LogP contribution in [-0.4, -0.2) is 34.9 Å². The Morgan fingerprint density at radius 3 is 2.59 bits per heavy atom. The predicted octanol–water partition coefficient (Wildman–Crippen LogP) is 3.69. The summed E-state index contributed by atoms with van der Waals surface area (Å²) in [5, 5.41) is 4.06. The van der Waals surface area contributed by atoms with E-state index in [0.29, 0.717) is 13.0 Å². The van der Waals surface area contributed by atoms with Gasteiger partial charge in [0.1, 0.15) is 0 Å². The molecular formula is C22H25N3O2. The van der Waals surface area contributed by atoms with Gasteiger partial charge < -0.3 is 14.8 Å². The Balaban J connectivity index is 1.53. The number of amides is 2. The van der Waals surface area contributed by atoms with E-state index in [9.17, 15) is 9.59 Å². The molecular weight excluding hydrogens is 338 g/mol. The standard InChI is InChI=1S/C22H25N3O2/c1-3-17-8-4-6-10-19(17)23-21(26)16-24(2)22(27)13-15-25-14-12-18-9-5-7-11-20(18)25/h4-12,14H,3,13,15-16H2,1-2H3,(H,23,26). The maximum atomic E-state index is 12.4. The first-order valence-electron chi connectivity index (χ1n) is 9.24. The van der Waals surface area contributed by atoms with Crippen molar-refractivity contribution in [3.63, 3.8) is 0 Å². The van der Waals surface area contributed by atoms with Gasteiger partial charge in [0.05, 0.1) is 6.54 Å². The van der Waals surface area contributed by atoms with E-state index in [-0.39, 0.29) is 18.4 Å². The summed E-state index contributed by atoms with van der Waals surface area (Å²) in [6.07, 6.45) is 3.19. The van der Waals surface area contributed by atoms with Crippen LogP contribution in [-0.2, 0) is 22.6 Å². The van der Waals surface area contributed by atoms with Crippen LogP contribution in [0.3, 0.4) is 0 Å². The number of aryl methyl sites for hydroxylation is 2. The van der Waals surface area contributed by atoms with Crippen molar-refractivity contribution in [2.24, 2.45) is 0 Å². The van der Waals surface area contributed by atoms with Crippen LogP contribution in [0.5, 0.6) is 0 Å². The molecule has 0 spiro atoms. The number of carbonyl (C=O) groups excluding carboxylic acids is 2. The molecule has 0 bridgehead atoms. The molecule has 0 aliphatic carbocycles. The highest BCUT2D eigenvalue weighted by molar-refractivity contribution is 5.95. The van der Waals surface area contributed by atoms with E-state index < -0.39 is 0 Å². The van der Waals surface area contributed by atoms with Crippen molar-refractivity contribution in [2.45, 2.75) is 26.3 Å². The molecule has 3 aromatic rings. The molecule has 27 heavy (non-hydrogen) atoms. The van der Waals surface area contributed by atoms with Gasteiger partial charge in [-0.3, -0.25) is 9.59 Å². The van der Waals surface area contributed by atoms with Crippen LogP contribution < -0.4 is 5.32 Å². The van der Waals surface area contributed by atoms with Gasteiger partial charge in [-0.25, -0.2) is 0 Å². The van der Waals surface area contributed by atoms with E-state index in [1.807, 2.05) is 61.7 Å². The fourth-order valence-corrected chi connectivity index (χ4v) is 3.19. The lowest BCUT2D eigenvalue weighted by atomic mass is 10.1. The molecule has 5 heteroatoms. The lowest BCUT2D eigenvalue weighted by Gasteiger charge is -2.18. The Morgan fingerprint density at radius 1 is 1.04 bits per heavy atom. The minimum Gasteiger partial charge on any atom is -0.347 e. The predicted molar refractivity (Wildman–Crippen MR) is 109 cm³/mol. The highest BCUT2D eigenvalue weighted by Crippen LogP contribution is 2.16. The molecule has 2 aromatic carbocycles. The summed E-state index contributed by atoms with van der Waals surface area (Å²) in [5.41, 5.74) is 3.01. The van der Waals surface area contributed by atoms with Gasteiger partial charge in [0.25, 0.3) is 0 Å². The average Bonchev–Trinajstić information content (AvgIpc) is 3.09. The van der Waals surface area contributed by atoms with Gasteiger partial charge in [0.15, 0.2) is 0 Å². The number of fused-ring (bicyclic) bond motifs is 1. The fraction of sp³-hybridized carbons (Fsp3) is 0.273. The minimum atomic E-state index is -0.182. The van der Waals surface area contributed by atoms with Crippen LogP contribution in [0.15, 0.2) is 60.8 Å². The quantitative estimate of drug-likeness (QED) is 0.696. The molecule has 3 rings (SSSR count). The summed E-state index contributed by atoms with van der Waals surface area (Å²) in [7, 11) is 1.67. The molecule has 0 fully saturated rings. The third-order valence-corrected chi connectivity index (χ3v) is 4.73. The molecule has 0 atom stereocenters. The number of hydrogen-bond donors (Lipinski definition) is 1. The summed E-state index contributed by atoms with van der Waals surface area (Å²) in [6.45, 7) is 2.69. The Kier molecular flexibility index (Phi) is 5.91. The van der Waals surface area contributed by atoms with E-state index in [1.165, 1.54) is 4.90 Å². The SMILES string of the molecule is CCc1ccccc1NC(=O)CN(C)C(=O)CCn1ccc2ccccc21. The number of para-hydroxylation sites is 2. The third-order valence-electron chi connectivity index (χ3n) is 4.73. The highest BCUT2D eigenvalue weighted by Gasteiger charge is 2.14. The molecule has 0 unspecified atom stereocenters. The second kappa shape index (κ2) is 8.54. The van der Waals surface area contributed by atoms with E-state index in [4.69, 9.17) is 0 Å². The van der Waals surface area contributed by atoms with Gasteiger partial charge in [0.2, 0.25) is 11.8 Å². The molecule has 0 aliphatic rings. The molecule has 1 aromatic heterocycles. The van der Waals surface area contributed by atoms with Crippen LogP contribution in [0.4, 0.5) is 5.69 Å². The summed E-state index contributed by atoms with van der Waals surface area (Å²) >= 11 is 0. The molecule has 140 valence electrons. The van der Waals surface area contributed by atoms with Crippen molar-refractivity contribution in [3.8, 4) is 0 Å². The Hall–Kier alpha value is -3.08. The first-order valence-corrected chi connectivity index (χ1v) is 9.24. The molecule has 0 radical (unpaired) electrons. The van der Waals surface area contributed by atoms with Gasteiger partial charge in [-0.1, -0.05) is 43.3 Å². The normalized spacial score (nSPS) is 10.7. The summed E-state index contributed by atoms with van der Waals surface area (Å²) in [6, 6.07) is 17.9. The van der Waals surface area contributed by atoms with E-state index in [2.05, 4.69) is 16.0 Å². The number of rotatable bonds is 7. The molecule has 0 aliphatic heterocycles. The molecule has 0 saturated heterocycles. The van der Waals surface area contributed by atoms with E-state index in [1.54, 1.807) is 7.05 Å². The number of anilines is 1. The molecule has 1 N–H and O–H groups in total. The zero-order chi connectivity index (χ0) is 19.2. The van der Waals surface area contributed by atoms with Crippen LogP contribution in [0, 0.1) is 0 Å². The fourth-order valence-electron chi connectivity index (χ4n) is 3.19. The maximum absolute atomic E-state index is 12.4. The number of hydrogen-bond acceptors (Lipinski definition) is 2. The van der Waals surface area contributed by atoms with Crippen molar-refractivity contribution < 1.29 is 9.59 Å². The number of benzene rings is 2. The summed E-state index contributed by atoms with van der Waals surface area (Å²) in [5.74, 6) is -0.232. The highest BCUT2D eigenvalue weighted by atomic mass is 16.2. The lowest BCUT2D eigenvalue weighted by Crippen LogP contribution is -2.35. The topological polar surface area (TPSA) is 54.3 Å². The van der Waals surface area contributed by atoms with E-state index in [0.717, 1.165) is 28.6 Å². The van der Waals surface area contributed by atoms with Crippen LogP contribution in [0.2, 0.25) is 0 Å². The molecule has 2 amide bonds. The Labute approximate surface area is 159 Å². The first-order chi connectivity index (χ1) is 13.1. The van der Waals surface area contributed by atoms with Crippen molar-refractivity contribution in [2.75, 3.05) is 18.9 Å². The van der Waals surface area contributed by atoms with Crippen molar-refractivity contribution in [1.82, 2.24) is 9.47 Å². The number of likely N-dealkylation sites (N-methyl/N-ethyl adjacent to an activating group) is 1. The maximum Gasteiger partial charge on any atom is 0.243 e. The van der Waals surface area contributed by atoms with Gasteiger partial charge in [-0.2, -0.15) is 0 Å². The van der Waals surface area contributed by atoms with Crippen molar-refractivity contribution >= 4 is 28.4 Å². The van der Waals surface area contributed by atoms with Gasteiger partial charge in [-0.05, 0) is 35.6 Å². The number of nitrogens with one attached hydrogen (secondary N) is 1. The van der Waals surface area contributed by atoms with Crippen LogP contribution >= 0.6 is 0 Å². The first kappa shape index (κ1) is 18.7. The van der Waals surface area contributed by atoms with E-state index >= 15 is 0 Å². The molecule has 1 heterocycles. The second-order valence-electron chi connectivity index (χ2n) is 6.63. The number of nitrogens with zero attached hydrogens (tertiary/aromatic N) is 2. The van der Waals surface area contributed by atoms with Crippen molar-refractivity contribution in [3.05, 3.63) is 66.4 Å². The van der Waals surface area contributed by atoms with Gasteiger partial charge in [0, 0.05) is 37.4 Å². The average molecular weight is 363 g/mol. The van der Waals surface area contributed by atoms with Crippen LogP contribution in [0.25, 0.3) is 10.9 Å². The largest absolute Gasteiger partial charge is 0.347 e. The number of aromatic nitrogens is 1. The zero-order valence-corrected chi connectivity index (χ0v) is 15.8. The molecule has 0 saturated carbocycles. The monoisotopic (exact) mass is 363 g/mol. The summed E-state index contributed by atoms with van der Waals surface area (Å²) in [4.78, 5) is 26.2. The number of carbonyl (C=O) groups is 2. The smallest absolute Gasteiger partial charge is 0.243 e. The minimum absolute atomic E-state index is 0.0449. The summed E-state index contributed by atoms with van der Waals surface area (Å²) < 4.78 is 2.07. The second-order valence-corrected chi connectivity index (χ2v) is 6.63. The Bertz CT molecular complexity index is 945. The lowest BCUT2D eigenvalue weighted by molar-refractivity contribution is -0.133. The van der Waals surface area contributed by atoms with Crippen molar-refractivity contribution in [1.29, 1.82) is 0 Å². The van der Waals surface area contributed by atoms with Gasteiger partial charge in [-0.15, -0.1) is 0 Å². The zero-order valence-electron chi connectivity index (χ0n) is 15.8.